The second-order valence-corrected chi connectivity index (χ2v) is 4.85. The van der Waals surface area contributed by atoms with Gasteiger partial charge in [0.25, 0.3) is 0 Å². The third-order valence-corrected chi connectivity index (χ3v) is 3.18. The van der Waals surface area contributed by atoms with Crippen LogP contribution in [0.3, 0.4) is 0 Å². The number of hydrogen-bond donors (Lipinski definition) is 0. The van der Waals surface area contributed by atoms with Crippen LogP contribution in [0.4, 0.5) is 0 Å². The first-order chi connectivity index (χ1) is 12.7. The summed E-state index contributed by atoms with van der Waals surface area (Å²) in [7, 11) is 3.31. The highest BCUT2D eigenvalue weighted by Gasteiger charge is 1.88. The van der Waals surface area contributed by atoms with Crippen LogP contribution in [0.1, 0.15) is 11.1 Å². The molecule has 4 heteroatoms. The van der Waals surface area contributed by atoms with E-state index in [4.69, 9.17) is 9.47 Å². The van der Waals surface area contributed by atoms with E-state index in [1.54, 1.807) is 51.2 Å². The van der Waals surface area contributed by atoms with E-state index in [2.05, 4.69) is 23.1 Å². The molecule has 3 aromatic rings. The van der Waals surface area contributed by atoms with Gasteiger partial charge in [-0.3, -0.25) is 9.97 Å². The fourth-order valence-corrected chi connectivity index (χ4v) is 1.73. The lowest BCUT2D eigenvalue weighted by Crippen LogP contribution is -1.80. The summed E-state index contributed by atoms with van der Waals surface area (Å²) >= 11 is 0. The smallest absolute Gasteiger partial charge is 0.118 e. The summed E-state index contributed by atoms with van der Waals surface area (Å²) < 4.78 is 9.96. The van der Waals surface area contributed by atoms with E-state index in [-0.39, 0.29) is 0 Å². The molecule has 134 valence electrons. The highest BCUT2D eigenvalue weighted by molar-refractivity contribution is 5.48. The van der Waals surface area contributed by atoms with Crippen molar-refractivity contribution in [1.82, 2.24) is 9.97 Å². The maximum absolute atomic E-state index is 4.98. The minimum atomic E-state index is 0.880. The van der Waals surface area contributed by atoms with E-state index in [0.717, 1.165) is 22.6 Å². The largest absolute Gasteiger partial charge is 0.497 e. The Kier molecular flexibility index (Phi) is 10.3. The van der Waals surface area contributed by atoms with Crippen molar-refractivity contribution in [1.29, 1.82) is 0 Å². The van der Waals surface area contributed by atoms with E-state index in [1.807, 2.05) is 48.5 Å². The molecular weight excluding hydrogens is 324 g/mol. The zero-order chi connectivity index (χ0) is 19.0. The third-order valence-electron chi connectivity index (χ3n) is 3.18. The van der Waals surface area contributed by atoms with Crippen LogP contribution in [0, 0.1) is 0 Å². The van der Waals surface area contributed by atoms with Crippen LogP contribution in [0.5, 0.6) is 11.5 Å². The lowest BCUT2D eigenvalue weighted by atomic mass is 10.2. The molecule has 0 unspecified atom stereocenters. The molecule has 3 rings (SSSR count). The molecule has 0 atom stereocenters. The average Bonchev–Trinajstić information content (AvgIpc) is 2.76. The van der Waals surface area contributed by atoms with Gasteiger partial charge in [0.15, 0.2) is 0 Å². The Labute approximate surface area is 155 Å². The van der Waals surface area contributed by atoms with Gasteiger partial charge in [0.05, 0.1) is 14.2 Å². The lowest BCUT2D eigenvalue weighted by molar-refractivity contribution is 0.414. The van der Waals surface area contributed by atoms with E-state index in [1.165, 1.54) is 0 Å². The fraction of sp³-hybridized carbons (Fsp3) is 0.0909. The monoisotopic (exact) mass is 348 g/mol. The molecule has 0 aliphatic rings. The topological polar surface area (TPSA) is 44.2 Å². The molecule has 4 nitrogen and oxygen atoms in total. The van der Waals surface area contributed by atoms with Crippen LogP contribution in [-0.4, -0.2) is 24.2 Å². The highest BCUT2D eigenvalue weighted by atomic mass is 16.5. The van der Waals surface area contributed by atoms with Crippen molar-refractivity contribution in [3.05, 3.63) is 97.6 Å². The molecule has 0 aliphatic heterocycles. The van der Waals surface area contributed by atoms with Crippen LogP contribution in [-0.2, 0) is 0 Å². The first kappa shape index (κ1) is 20.6. The van der Waals surface area contributed by atoms with Crippen molar-refractivity contribution in [3.63, 3.8) is 0 Å². The zero-order valence-corrected chi connectivity index (χ0v) is 15.2. The van der Waals surface area contributed by atoms with E-state index < -0.39 is 0 Å². The molecule has 0 saturated heterocycles. The molecule has 0 saturated carbocycles. The second-order valence-electron chi connectivity index (χ2n) is 4.85. The van der Waals surface area contributed by atoms with Crippen LogP contribution < -0.4 is 9.47 Å². The number of benzene rings is 2. The maximum atomic E-state index is 4.98. The number of methoxy groups -OCH3 is 2. The lowest BCUT2D eigenvalue weighted by Gasteiger charge is -1.97. The first-order valence-corrected chi connectivity index (χ1v) is 7.96. The molecule has 26 heavy (non-hydrogen) atoms. The summed E-state index contributed by atoms with van der Waals surface area (Å²) in [5.74, 6) is 1.76. The Balaban J connectivity index is 0.000000201. The Morgan fingerprint density at radius 1 is 0.615 bits per heavy atom. The van der Waals surface area contributed by atoms with Crippen molar-refractivity contribution in [2.24, 2.45) is 0 Å². The van der Waals surface area contributed by atoms with Gasteiger partial charge in [0.2, 0.25) is 0 Å². The molecule has 0 spiro atoms. The zero-order valence-electron chi connectivity index (χ0n) is 15.2. The molecule has 1 aromatic heterocycles. The SMILES string of the molecule is C=Cc1ccc(OC)cc1.C=Cc1ccc(OC)cc1.c1cnccn1. The van der Waals surface area contributed by atoms with Crippen LogP contribution in [0.2, 0.25) is 0 Å². The average molecular weight is 348 g/mol. The second kappa shape index (κ2) is 13.0. The summed E-state index contributed by atoms with van der Waals surface area (Å²) in [6.45, 7) is 7.29. The molecule has 2 aromatic carbocycles. The predicted octanol–water partition coefficient (Wildman–Crippen LogP) is 5.15. The minimum Gasteiger partial charge on any atom is -0.497 e. The summed E-state index contributed by atoms with van der Waals surface area (Å²) in [5, 5.41) is 0. The van der Waals surface area contributed by atoms with Gasteiger partial charge in [-0.15, -0.1) is 0 Å². The third kappa shape index (κ3) is 8.45. The molecule has 0 radical (unpaired) electrons. The quantitative estimate of drug-likeness (QED) is 0.654. The Morgan fingerprint density at radius 2 is 0.923 bits per heavy atom. The number of rotatable bonds is 4. The molecule has 0 bridgehead atoms. The Bertz CT molecular complexity index is 661. The van der Waals surface area contributed by atoms with Gasteiger partial charge in [-0.05, 0) is 35.4 Å². The van der Waals surface area contributed by atoms with Crippen LogP contribution >= 0.6 is 0 Å². The van der Waals surface area contributed by atoms with Crippen molar-refractivity contribution in [3.8, 4) is 11.5 Å². The van der Waals surface area contributed by atoms with E-state index >= 15 is 0 Å². The summed E-state index contributed by atoms with van der Waals surface area (Å²) in [6, 6.07) is 15.5. The molecule has 0 aliphatic carbocycles. The summed E-state index contributed by atoms with van der Waals surface area (Å²) in [5.41, 5.74) is 2.22. The van der Waals surface area contributed by atoms with Gasteiger partial charge in [-0.1, -0.05) is 49.6 Å². The van der Waals surface area contributed by atoms with Crippen molar-refractivity contribution in [2.45, 2.75) is 0 Å². The Morgan fingerprint density at radius 3 is 1.12 bits per heavy atom. The predicted molar refractivity (Wildman–Crippen MR) is 108 cm³/mol. The normalized spacial score (nSPS) is 8.69. The van der Waals surface area contributed by atoms with Crippen molar-refractivity contribution in [2.75, 3.05) is 14.2 Å². The van der Waals surface area contributed by atoms with E-state index in [9.17, 15) is 0 Å². The van der Waals surface area contributed by atoms with Crippen LogP contribution in [0.25, 0.3) is 12.2 Å². The summed E-state index contributed by atoms with van der Waals surface area (Å²) in [6.07, 6.45) is 10.2. The number of ether oxygens (including phenoxy) is 2. The molecule has 0 amide bonds. The number of nitrogens with zero attached hydrogens (tertiary/aromatic N) is 2. The van der Waals surface area contributed by atoms with Crippen LogP contribution in [0.15, 0.2) is 86.5 Å². The van der Waals surface area contributed by atoms with Gasteiger partial charge >= 0.3 is 0 Å². The van der Waals surface area contributed by atoms with Crippen molar-refractivity contribution >= 4 is 12.2 Å². The van der Waals surface area contributed by atoms with Gasteiger partial charge in [0, 0.05) is 24.8 Å². The Hall–Kier alpha value is -3.40. The van der Waals surface area contributed by atoms with Gasteiger partial charge in [-0.2, -0.15) is 0 Å². The van der Waals surface area contributed by atoms with Gasteiger partial charge < -0.3 is 9.47 Å². The molecule has 0 fully saturated rings. The fourth-order valence-electron chi connectivity index (χ4n) is 1.73. The minimum absolute atomic E-state index is 0.880. The van der Waals surface area contributed by atoms with Gasteiger partial charge in [-0.25, -0.2) is 0 Å². The maximum Gasteiger partial charge on any atom is 0.118 e. The molecular formula is C22H24N2O2. The highest BCUT2D eigenvalue weighted by Crippen LogP contribution is 2.12. The molecule has 0 N–H and O–H groups in total. The van der Waals surface area contributed by atoms with Crippen molar-refractivity contribution < 1.29 is 9.47 Å². The van der Waals surface area contributed by atoms with E-state index in [0.29, 0.717) is 0 Å². The number of aromatic nitrogens is 2. The molecule has 1 heterocycles. The van der Waals surface area contributed by atoms with Gasteiger partial charge in [0.1, 0.15) is 11.5 Å². The standard InChI is InChI=1S/2C9H10O.C4H4N2/c2*1-3-8-4-6-9(10-2)7-5-8;1-2-6-4-3-5-1/h2*3-7H,1H2,2H3;1-4H. The first-order valence-electron chi connectivity index (χ1n) is 7.96. The summed E-state index contributed by atoms with van der Waals surface area (Å²) in [4.78, 5) is 7.44. The number of hydrogen-bond acceptors (Lipinski definition) is 4.